The summed E-state index contributed by atoms with van der Waals surface area (Å²) in [6.07, 6.45) is 1.99. The molecular formula is C19H27ClN2O3. The van der Waals surface area contributed by atoms with Gasteiger partial charge in [0.2, 0.25) is 11.8 Å². The van der Waals surface area contributed by atoms with Crippen LogP contribution >= 0.6 is 11.6 Å². The predicted molar refractivity (Wildman–Crippen MR) is 98.7 cm³/mol. The molecule has 2 amide bonds. The number of hydrogen-bond acceptors (Lipinski definition) is 3. The van der Waals surface area contributed by atoms with Gasteiger partial charge in [-0.1, -0.05) is 38.4 Å². The summed E-state index contributed by atoms with van der Waals surface area (Å²) in [5, 5.41) is 3.45. The van der Waals surface area contributed by atoms with Crippen LogP contribution in [-0.4, -0.2) is 36.4 Å². The molecule has 0 unspecified atom stereocenters. The quantitative estimate of drug-likeness (QED) is 0.868. The third-order valence-corrected chi connectivity index (χ3v) is 4.65. The number of methoxy groups -OCH3 is 1. The van der Waals surface area contributed by atoms with E-state index in [1.54, 1.807) is 24.1 Å². The Morgan fingerprint density at radius 1 is 1.36 bits per heavy atom. The van der Waals surface area contributed by atoms with E-state index in [-0.39, 0.29) is 23.8 Å². The Labute approximate surface area is 154 Å². The van der Waals surface area contributed by atoms with Crippen molar-refractivity contribution in [1.29, 1.82) is 0 Å². The summed E-state index contributed by atoms with van der Waals surface area (Å²) in [4.78, 5) is 26.8. The molecule has 6 heteroatoms. The van der Waals surface area contributed by atoms with Crippen LogP contribution in [0.3, 0.4) is 0 Å². The molecule has 5 nitrogen and oxygen atoms in total. The lowest BCUT2D eigenvalue weighted by Crippen LogP contribution is -2.46. The number of carbonyl (C=O) groups is 2. The SMILES string of the molecule is COc1cccc(Cl)c1CNC(=O)[C@@H]1CCCN1C(=O)CC(C)(C)C. The zero-order valence-electron chi connectivity index (χ0n) is 15.4. The lowest BCUT2D eigenvalue weighted by molar-refractivity contribution is -0.139. The van der Waals surface area contributed by atoms with E-state index in [0.29, 0.717) is 30.2 Å². The molecule has 1 heterocycles. The van der Waals surface area contributed by atoms with Crippen LogP contribution in [0.15, 0.2) is 18.2 Å². The van der Waals surface area contributed by atoms with Gasteiger partial charge in [-0.25, -0.2) is 0 Å². The average Bonchev–Trinajstić information content (AvgIpc) is 3.01. The number of hydrogen-bond donors (Lipinski definition) is 1. The Balaban J connectivity index is 2.02. The van der Waals surface area contributed by atoms with Crippen molar-refractivity contribution in [3.8, 4) is 5.75 Å². The standard InChI is InChI=1S/C19H27ClN2O3/c1-19(2,3)11-17(23)22-10-6-8-15(22)18(24)21-12-13-14(20)7-5-9-16(13)25-4/h5,7,9,15H,6,8,10-12H2,1-4H3,(H,21,24)/t15-/m0/s1. The summed E-state index contributed by atoms with van der Waals surface area (Å²) in [7, 11) is 1.57. The van der Waals surface area contributed by atoms with Crippen LogP contribution in [0.1, 0.15) is 45.6 Å². The number of likely N-dealkylation sites (tertiary alicyclic amines) is 1. The van der Waals surface area contributed by atoms with Gasteiger partial charge in [0.05, 0.1) is 7.11 Å². The minimum absolute atomic E-state index is 0.0421. The molecular weight excluding hydrogens is 340 g/mol. The van der Waals surface area contributed by atoms with Gasteiger partial charge in [0.1, 0.15) is 11.8 Å². The molecule has 1 aromatic carbocycles. The molecule has 0 spiro atoms. The normalized spacial score (nSPS) is 17.5. The van der Waals surface area contributed by atoms with Crippen molar-refractivity contribution in [3.63, 3.8) is 0 Å². The van der Waals surface area contributed by atoms with Crippen LogP contribution in [0, 0.1) is 5.41 Å². The molecule has 0 saturated carbocycles. The average molecular weight is 367 g/mol. The van der Waals surface area contributed by atoms with Crippen LogP contribution in [0.25, 0.3) is 0 Å². The molecule has 1 saturated heterocycles. The molecule has 1 aliphatic rings. The molecule has 2 rings (SSSR count). The Hall–Kier alpha value is -1.75. The molecule has 1 aliphatic heterocycles. The van der Waals surface area contributed by atoms with Crippen LogP contribution in [-0.2, 0) is 16.1 Å². The van der Waals surface area contributed by atoms with E-state index in [1.807, 2.05) is 26.8 Å². The second-order valence-electron chi connectivity index (χ2n) is 7.62. The van der Waals surface area contributed by atoms with Gasteiger partial charge in [-0.2, -0.15) is 0 Å². The van der Waals surface area contributed by atoms with Crippen LogP contribution in [0.2, 0.25) is 5.02 Å². The van der Waals surface area contributed by atoms with Gasteiger partial charge in [0, 0.05) is 30.1 Å². The fourth-order valence-corrected chi connectivity index (χ4v) is 3.32. The Kier molecular flexibility index (Phi) is 6.33. The summed E-state index contributed by atoms with van der Waals surface area (Å²) >= 11 is 6.21. The van der Waals surface area contributed by atoms with Crippen molar-refractivity contribution in [1.82, 2.24) is 10.2 Å². The van der Waals surface area contributed by atoms with E-state index in [0.717, 1.165) is 12.0 Å². The van der Waals surface area contributed by atoms with Gasteiger partial charge in [0.15, 0.2) is 0 Å². The van der Waals surface area contributed by atoms with Gasteiger partial charge in [0.25, 0.3) is 0 Å². The maximum Gasteiger partial charge on any atom is 0.243 e. The summed E-state index contributed by atoms with van der Waals surface area (Å²) in [5.41, 5.74) is 0.650. The van der Waals surface area contributed by atoms with Gasteiger partial charge in [-0.15, -0.1) is 0 Å². The molecule has 25 heavy (non-hydrogen) atoms. The number of halogens is 1. The van der Waals surface area contributed by atoms with Crippen molar-refractivity contribution in [2.45, 2.75) is 52.6 Å². The van der Waals surface area contributed by atoms with Gasteiger partial charge >= 0.3 is 0 Å². The number of rotatable bonds is 5. The second kappa shape index (κ2) is 8.09. The predicted octanol–water partition coefficient (Wildman–Crippen LogP) is 3.39. The number of nitrogens with one attached hydrogen (secondary N) is 1. The summed E-state index contributed by atoms with van der Waals surface area (Å²) in [6.45, 7) is 7.00. The summed E-state index contributed by atoms with van der Waals surface area (Å²) in [5.74, 6) is 0.544. The van der Waals surface area contributed by atoms with Crippen LogP contribution in [0.5, 0.6) is 5.75 Å². The first-order chi connectivity index (χ1) is 11.7. The minimum atomic E-state index is -0.400. The van der Waals surface area contributed by atoms with Crippen molar-refractivity contribution in [2.24, 2.45) is 5.41 Å². The molecule has 0 bridgehead atoms. The van der Waals surface area contributed by atoms with E-state index in [2.05, 4.69) is 5.32 Å². The molecule has 0 aliphatic carbocycles. The minimum Gasteiger partial charge on any atom is -0.496 e. The van der Waals surface area contributed by atoms with Crippen molar-refractivity contribution < 1.29 is 14.3 Å². The second-order valence-corrected chi connectivity index (χ2v) is 8.03. The zero-order chi connectivity index (χ0) is 18.6. The summed E-state index contributed by atoms with van der Waals surface area (Å²) < 4.78 is 5.30. The highest BCUT2D eigenvalue weighted by molar-refractivity contribution is 6.31. The molecule has 1 N–H and O–H groups in total. The van der Waals surface area contributed by atoms with E-state index in [1.165, 1.54) is 0 Å². The highest BCUT2D eigenvalue weighted by atomic mass is 35.5. The van der Waals surface area contributed by atoms with Crippen LogP contribution < -0.4 is 10.1 Å². The van der Waals surface area contributed by atoms with Gasteiger partial charge in [-0.05, 0) is 30.4 Å². The third kappa shape index (κ3) is 5.11. The van der Waals surface area contributed by atoms with E-state index in [9.17, 15) is 9.59 Å². The molecule has 138 valence electrons. The Morgan fingerprint density at radius 2 is 2.08 bits per heavy atom. The molecule has 1 aromatic rings. The number of amides is 2. The maximum absolute atomic E-state index is 12.6. The number of ether oxygens (including phenoxy) is 1. The van der Waals surface area contributed by atoms with E-state index < -0.39 is 6.04 Å². The molecule has 1 atom stereocenters. The molecule has 0 radical (unpaired) electrons. The van der Waals surface area contributed by atoms with Gasteiger partial charge < -0.3 is 15.0 Å². The summed E-state index contributed by atoms with van der Waals surface area (Å²) in [6, 6.07) is 4.97. The number of carbonyl (C=O) groups excluding carboxylic acids is 2. The zero-order valence-corrected chi connectivity index (χ0v) is 16.2. The first-order valence-electron chi connectivity index (χ1n) is 8.61. The Morgan fingerprint density at radius 3 is 2.72 bits per heavy atom. The molecule has 0 aromatic heterocycles. The van der Waals surface area contributed by atoms with E-state index >= 15 is 0 Å². The smallest absolute Gasteiger partial charge is 0.243 e. The fourth-order valence-electron chi connectivity index (χ4n) is 3.09. The fraction of sp³-hybridized carbons (Fsp3) is 0.579. The third-order valence-electron chi connectivity index (χ3n) is 4.29. The first-order valence-corrected chi connectivity index (χ1v) is 8.99. The highest BCUT2D eigenvalue weighted by Crippen LogP contribution is 2.27. The monoisotopic (exact) mass is 366 g/mol. The van der Waals surface area contributed by atoms with Gasteiger partial charge in [-0.3, -0.25) is 9.59 Å². The molecule has 1 fully saturated rings. The largest absolute Gasteiger partial charge is 0.496 e. The highest BCUT2D eigenvalue weighted by Gasteiger charge is 2.35. The Bertz CT molecular complexity index is 640. The van der Waals surface area contributed by atoms with Crippen molar-refractivity contribution >= 4 is 23.4 Å². The topological polar surface area (TPSA) is 58.6 Å². The number of benzene rings is 1. The van der Waals surface area contributed by atoms with Crippen molar-refractivity contribution in [2.75, 3.05) is 13.7 Å². The van der Waals surface area contributed by atoms with Crippen LogP contribution in [0.4, 0.5) is 0 Å². The first kappa shape index (κ1) is 19.6. The lowest BCUT2D eigenvalue weighted by atomic mass is 9.91. The lowest BCUT2D eigenvalue weighted by Gasteiger charge is -2.27. The van der Waals surface area contributed by atoms with E-state index in [4.69, 9.17) is 16.3 Å². The number of nitrogens with zero attached hydrogens (tertiary/aromatic N) is 1. The van der Waals surface area contributed by atoms with Crippen molar-refractivity contribution in [3.05, 3.63) is 28.8 Å². The maximum atomic E-state index is 12.6.